The van der Waals surface area contributed by atoms with Crippen molar-refractivity contribution in [1.82, 2.24) is 0 Å². The number of fused-ring (bicyclic) bond motifs is 11. The molecule has 0 amide bonds. The minimum Gasteiger partial charge on any atom is -0.456 e. The van der Waals surface area contributed by atoms with Crippen molar-refractivity contribution in [3.63, 3.8) is 0 Å². The van der Waals surface area contributed by atoms with E-state index in [-0.39, 0.29) is 11.3 Å². The minimum atomic E-state index is -0.532. The Bertz CT molecular complexity index is 2930. The van der Waals surface area contributed by atoms with Crippen molar-refractivity contribution in [3.05, 3.63) is 222 Å². The normalized spacial score (nSPS) is 16.8. The quantitative estimate of drug-likeness (QED) is 0.175. The summed E-state index contributed by atoms with van der Waals surface area (Å²) < 4.78 is 7.00. The molecule has 7 aromatic carbocycles. The van der Waals surface area contributed by atoms with Crippen LogP contribution in [0.25, 0.3) is 44.2 Å². The van der Waals surface area contributed by atoms with Gasteiger partial charge < -0.3 is 9.32 Å². The van der Waals surface area contributed by atoms with Crippen molar-refractivity contribution in [3.8, 4) is 22.3 Å². The highest BCUT2D eigenvalue weighted by atomic mass is 16.3. The molecule has 57 heavy (non-hydrogen) atoms. The van der Waals surface area contributed by atoms with Crippen molar-refractivity contribution < 1.29 is 4.42 Å². The van der Waals surface area contributed by atoms with Gasteiger partial charge in [0.25, 0.3) is 0 Å². The predicted octanol–water partition coefficient (Wildman–Crippen LogP) is 14.5. The van der Waals surface area contributed by atoms with Crippen molar-refractivity contribution in [1.29, 1.82) is 0 Å². The predicted molar refractivity (Wildman–Crippen MR) is 236 cm³/mol. The summed E-state index contributed by atoms with van der Waals surface area (Å²) in [6.45, 7) is 0. The SMILES string of the molecule is C1=CC=CC(C2(c3cc(N(c4ccccc4)c4cccc5c4-c4ccccc4C54CCCC4)c4c(c3)oc3ccccc34)c3ccccc3-c3ccccc32)C=C1. The fraction of sp³-hybridized carbons (Fsp3) is 0.127. The van der Waals surface area contributed by atoms with E-state index in [1.807, 2.05) is 0 Å². The molecular weight excluding hydrogens is 691 g/mol. The van der Waals surface area contributed by atoms with Gasteiger partial charge in [0.05, 0.1) is 22.2 Å². The zero-order chi connectivity index (χ0) is 37.6. The second-order valence-corrected chi connectivity index (χ2v) is 16.3. The molecule has 1 saturated carbocycles. The molecule has 1 heterocycles. The third-order valence-electron chi connectivity index (χ3n) is 13.6. The molecule has 1 aromatic heterocycles. The van der Waals surface area contributed by atoms with Gasteiger partial charge in [-0.15, -0.1) is 0 Å². The molecule has 0 aliphatic heterocycles. The summed E-state index contributed by atoms with van der Waals surface area (Å²) in [6.07, 6.45) is 18.4. The second-order valence-electron chi connectivity index (χ2n) is 16.3. The summed E-state index contributed by atoms with van der Waals surface area (Å²) in [5.41, 5.74) is 16.9. The molecule has 0 atom stereocenters. The number of furan rings is 1. The highest BCUT2D eigenvalue weighted by Gasteiger charge is 2.50. The topological polar surface area (TPSA) is 16.4 Å². The lowest BCUT2D eigenvalue weighted by Gasteiger charge is -2.39. The van der Waals surface area contributed by atoms with Crippen molar-refractivity contribution in [2.75, 3.05) is 4.90 Å². The Balaban J connectivity index is 1.23. The minimum absolute atomic E-state index is 0.0345. The van der Waals surface area contributed by atoms with E-state index < -0.39 is 5.41 Å². The average Bonchev–Trinajstić information content (AvgIpc) is 3.99. The van der Waals surface area contributed by atoms with E-state index in [1.165, 1.54) is 81.4 Å². The summed E-state index contributed by atoms with van der Waals surface area (Å²) in [5, 5.41) is 2.25. The number of hydrogen-bond donors (Lipinski definition) is 0. The zero-order valence-electron chi connectivity index (χ0n) is 31.7. The van der Waals surface area contributed by atoms with Crippen LogP contribution in [0.5, 0.6) is 0 Å². The van der Waals surface area contributed by atoms with Crippen molar-refractivity contribution in [2.45, 2.75) is 36.5 Å². The fourth-order valence-corrected chi connectivity index (χ4v) is 11.4. The Hall–Kier alpha value is -6.64. The van der Waals surface area contributed by atoms with E-state index >= 15 is 0 Å². The Labute approximate surface area is 333 Å². The number of nitrogens with zero attached hydrogens (tertiary/aromatic N) is 1. The summed E-state index contributed by atoms with van der Waals surface area (Å²) in [7, 11) is 0. The summed E-state index contributed by atoms with van der Waals surface area (Å²) in [4.78, 5) is 2.55. The number of allylic oxidation sites excluding steroid dienone is 6. The van der Waals surface area contributed by atoms with Crippen LogP contribution >= 0.6 is 0 Å². The lowest BCUT2D eigenvalue weighted by atomic mass is 9.63. The van der Waals surface area contributed by atoms with Crippen LogP contribution in [0.3, 0.4) is 0 Å². The molecule has 0 saturated heterocycles. The molecule has 0 bridgehead atoms. The van der Waals surface area contributed by atoms with Gasteiger partial charge in [0, 0.05) is 28.0 Å². The first-order valence-electron chi connectivity index (χ1n) is 20.5. The zero-order valence-corrected chi connectivity index (χ0v) is 31.7. The molecule has 0 unspecified atom stereocenters. The van der Waals surface area contributed by atoms with Crippen molar-refractivity contribution in [2.24, 2.45) is 5.92 Å². The molecule has 8 aromatic rings. The van der Waals surface area contributed by atoms with Crippen LogP contribution in [-0.4, -0.2) is 0 Å². The summed E-state index contributed by atoms with van der Waals surface area (Å²) in [6, 6.07) is 58.9. The number of para-hydroxylation sites is 2. The van der Waals surface area contributed by atoms with E-state index in [1.54, 1.807) is 0 Å². The van der Waals surface area contributed by atoms with E-state index in [0.29, 0.717) is 0 Å². The van der Waals surface area contributed by atoms with Gasteiger partial charge in [-0.25, -0.2) is 0 Å². The number of hydrogen-bond acceptors (Lipinski definition) is 2. The van der Waals surface area contributed by atoms with Crippen LogP contribution in [0.15, 0.2) is 199 Å². The van der Waals surface area contributed by atoms with E-state index in [2.05, 4.69) is 199 Å². The van der Waals surface area contributed by atoms with Crippen LogP contribution in [0.4, 0.5) is 17.1 Å². The first kappa shape index (κ1) is 32.6. The van der Waals surface area contributed by atoms with Gasteiger partial charge in [0.1, 0.15) is 11.2 Å². The molecule has 4 aliphatic carbocycles. The molecule has 1 spiro atoms. The summed E-state index contributed by atoms with van der Waals surface area (Å²) >= 11 is 0. The molecule has 272 valence electrons. The second kappa shape index (κ2) is 12.4. The maximum atomic E-state index is 7.00. The number of benzene rings is 7. The van der Waals surface area contributed by atoms with Gasteiger partial charge >= 0.3 is 0 Å². The highest BCUT2D eigenvalue weighted by Crippen LogP contribution is 2.62. The molecule has 1 fully saturated rings. The van der Waals surface area contributed by atoms with Gasteiger partial charge in [0.15, 0.2) is 0 Å². The maximum absolute atomic E-state index is 7.00. The molecule has 0 radical (unpaired) electrons. The molecule has 2 nitrogen and oxygen atoms in total. The van der Waals surface area contributed by atoms with Crippen LogP contribution < -0.4 is 4.90 Å². The first-order chi connectivity index (χ1) is 28.3. The number of anilines is 3. The van der Waals surface area contributed by atoms with Gasteiger partial charge in [0.2, 0.25) is 0 Å². The third kappa shape index (κ3) is 4.47. The largest absolute Gasteiger partial charge is 0.456 e. The van der Waals surface area contributed by atoms with E-state index in [9.17, 15) is 0 Å². The standard InChI is InChI=1S/C55H41NO/c1-2-5-20-37(19-4-1)55(45-28-13-8-23-40(45)41-24-9-14-29-46(41)55)38-35-49(53-43-26-11-15-32-50(43)57-51(53)36-38)56(39-21-6-3-7-22-39)48-31-18-30-47-52(48)42-25-10-12-27-44(42)54(47)33-16-17-34-54/h1-15,18-32,35-37H,16-17,33-34H2. The summed E-state index contributed by atoms with van der Waals surface area (Å²) in [5.74, 6) is 0.0345. The van der Waals surface area contributed by atoms with Crippen LogP contribution in [0.1, 0.15) is 53.5 Å². The first-order valence-corrected chi connectivity index (χ1v) is 20.5. The van der Waals surface area contributed by atoms with Crippen LogP contribution in [-0.2, 0) is 10.8 Å². The number of rotatable bonds is 5. The van der Waals surface area contributed by atoms with E-state index in [0.717, 1.165) is 33.3 Å². The lowest BCUT2D eigenvalue weighted by molar-refractivity contribution is 0.536. The Morgan fingerprint density at radius 1 is 0.491 bits per heavy atom. The third-order valence-corrected chi connectivity index (χ3v) is 13.6. The van der Waals surface area contributed by atoms with Crippen LogP contribution in [0, 0.1) is 5.92 Å². The fourth-order valence-electron chi connectivity index (χ4n) is 11.4. The average molecular weight is 732 g/mol. The smallest absolute Gasteiger partial charge is 0.137 e. The Kier molecular flexibility index (Phi) is 7.11. The van der Waals surface area contributed by atoms with Crippen LogP contribution in [0.2, 0.25) is 0 Å². The molecule has 4 aliphatic rings. The molecular formula is C55H41NO. The van der Waals surface area contributed by atoms with Gasteiger partial charge in [-0.1, -0.05) is 171 Å². The maximum Gasteiger partial charge on any atom is 0.137 e. The van der Waals surface area contributed by atoms with Gasteiger partial charge in [-0.3, -0.25) is 0 Å². The lowest BCUT2D eigenvalue weighted by Crippen LogP contribution is -2.34. The van der Waals surface area contributed by atoms with E-state index in [4.69, 9.17) is 4.42 Å². The van der Waals surface area contributed by atoms with Gasteiger partial charge in [-0.2, -0.15) is 0 Å². The Morgan fingerprint density at radius 2 is 1.11 bits per heavy atom. The molecule has 2 heteroatoms. The molecule has 0 N–H and O–H groups in total. The Morgan fingerprint density at radius 3 is 1.84 bits per heavy atom. The molecule has 12 rings (SSSR count). The van der Waals surface area contributed by atoms with Crippen molar-refractivity contribution >= 4 is 39.0 Å². The van der Waals surface area contributed by atoms with Gasteiger partial charge in [-0.05, 0) is 93.7 Å². The highest BCUT2D eigenvalue weighted by molar-refractivity contribution is 6.14. The monoisotopic (exact) mass is 731 g/mol.